The molecule has 1 aromatic carbocycles. The molecule has 1 N–H and O–H groups in total. The second-order valence-electron chi connectivity index (χ2n) is 8.29. The van der Waals surface area contributed by atoms with Crippen molar-refractivity contribution in [2.45, 2.75) is 44.1 Å². The normalized spacial score (nSPS) is 21.0. The number of aliphatic hydroxyl groups is 1. The molecule has 1 aliphatic heterocycles. The van der Waals surface area contributed by atoms with Crippen molar-refractivity contribution in [2.75, 3.05) is 32.1 Å². The van der Waals surface area contributed by atoms with E-state index < -0.39 is 0 Å². The summed E-state index contributed by atoms with van der Waals surface area (Å²) in [5.41, 5.74) is 4.21. The molecule has 1 aliphatic carbocycles. The lowest BCUT2D eigenvalue weighted by Gasteiger charge is -2.40. The van der Waals surface area contributed by atoms with E-state index >= 15 is 0 Å². The molecular formula is C22H28N4O2. The van der Waals surface area contributed by atoms with Gasteiger partial charge in [-0.3, -0.25) is 4.79 Å². The van der Waals surface area contributed by atoms with Crippen LogP contribution in [0.15, 0.2) is 30.5 Å². The number of anilines is 1. The van der Waals surface area contributed by atoms with Crippen LogP contribution in [-0.2, 0) is 29.7 Å². The third kappa shape index (κ3) is 3.49. The van der Waals surface area contributed by atoms with E-state index in [1.54, 1.807) is 0 Å². The van der Waals surface area contributed by atoms with E-state index in [9.17, 15) is 9.90 Å². The Kier molecular flexibility index (Phi) is 5.06. The number of aromatic nitrogens is 2. The van der Waals surface area contributed by atoms with Crippen molar-refractivity contribution in [3.8, 4) is 0 Å². The molecule has 148 valence electrons. The van der Waals surface area contributed by atoms with Crippen LogP contribution < -0.4 is 4.90 Å². The summed E-state index contributed by atoms with van der Waals surface area (Å²) in [6, 6.07) is 7.63. The van der Waals surface area contributed by atoms with Crippen LogP contribution in [0.2, 0.25) is 0 Å². The fraction of sp³-hybridized carbons (Fsp3) is 0.500. The van der Waals surface area contributed by atoms with Crippen LogP contribution in [0.1, 0.15) is 41.6 Å². The van der Waals surface area contributed by atoms with E-state index in [4.69, 9.17) is 4.98 Å². The van der Waals surface area contributed by atoms with Gasteiger partial charge in [0.15, 0.2) is 0 Å². The molecule has 6 nitrogen and oxygen atoms in total. The highest BCUT2D eigenvalue weighted by atomic mass is 16.3. The minimum absolute atomic E-state index is 0.0269. The van der Waals surface area contributed by atoms with Crippen molar-refractivity contribution in [1.82, 2.24) is 14.9 Å². The molecule has 2 aliphatic rings. The summed E-state index contributed by atoms with van der Waals surface area (Å²) in [5.74, 6) is 0.915. The number of aliphatic hydroxyl groups excluding tert-OH is 1. The maximum Gasteiger partial charge on any atom is 0.227 e. The van der Waals surface area contributed by atoms with Crippen molar-refractivity contribution in [1.29, 1.82) is 0 Å². The van der Waals surface area contributed by atoms with Crippen molar-refractivity contribution in [3.05, 3.63) is 52.8 Å². The summed E-state index contributed by atoms with van der Waals surface area (Å²) in [6.07, 6.45) is 6.50. The summed E-state index contributed by atoms with van der Waals surface area (Å²) in [6.45, 7) is 1.59. The fourth-order valence-electron chi connectivity index (χ4n) is 4.54. The Labute approximate surface area is 166 Å². The van der Waals surface area contributed by atoms with Crippen LogP contribution in [-0.4, -0.2) is 53.1 Å². The predicted octanol–water partition coefficient (Wildman–Crippen LogP) is 2.08. The van der Waals surface area contributed by atoms with Gasteiger partial charge in [0.1, 0.15) is 0 Å². The Hall–Kier alpha value is -2.47. The minimum atomic E-state index is -0.0301. The van der Waals surface area contributed by atoms with Gasteiger partial charge >= 0.3 is 0 Å². The quantitative estimate of drug-likeness (QED) is 0.880. The van der Waals surface area contributed by atoms with Crippen molar-refractivity contribution in [2.24, 2.45) is 0 Å². The van der Waals surface area contributed by atoms with Crippen molar-refractivity contribution < 1.29 is 9.90 Å². The molecule has 6 heteroatoms. The monoisotopic (exact) mass is 380 g/mol. The van der Waals surface area contributed by atoms with Crippen LogP contribution in [0.4, 0.5) is 5.95 Å². The van der Waals surface area contributed by atoms with Crippen LogP contribution >= 0.6 is 0 Å². The number of carbonyl (C=O) groups excluding carboxylic acids is 1. The first kappa shape index (κ1) is 18.9. The molecule has 0 radical (unpaired) electrons. The highest BCUT2D eigenvalue weighted by molar-refractivity contribution is 5.79. The number of hydrogen-bond acceptors (Lipinski definition) is 5. The van der Waals surface area contributed by atoms with Gasteiger partial charge in [-0.2, -0.15) is 0 Å². The van der Waals surface area contributed by atoms with Gasteiger partial charge in [-0.25, -0.2) is 9.97 Å². The summed E-state index contributed by atoms with van der Waals surface area (Å²) >= 11 is 0. The molecule has 2 heterocycles. The number of aryl methyl sites for hydroxylation is 1. The zero-order chi connectivity index (χ0) is 19.7. The molecule has 1 spiro atoms. The Morgan fingerprint density at radius 3 is 2.68 bits per heavy atom. The highest BCUT2D eigenvalue weighted by Crippen LogP contribution is 2.44. The zero-order valence-electron chi connectivity index (χ0n) is 16.7. The number of nitrogens with zero attached hydrogens (tertiary/aromatic N) is 4. The van der Waals surface area contributed by atoms with E-state index in [1.807, 2.05) is 54.4 Å². The lowest BCUT2D eigenvalue weighted by Crippen LogP contribution is -2.48. The van der Waals surface area contributed by atoms with E-state index in [0.717, 1.165) is 61.5 Å². The molecule has 1 saturated heterocycles. The first-order valence-corrected chi connectivity index (χ1v) is 10.0. The standard InChI is InChI=1S/C22H28N4O2/c1-25(2)21-23-13-18-8-10-22(20(18)24-21)9-3-11-26(15-22)19(28)12-16-4-6-17(14-27)7-5-16/h4-7,13,27H,3,8-12,14-15H2,1-2H3. The summed E-state index contributed by atoms with van der Waals surface area (Å²) in [5, 5.41) is 9.18. The average Bonchev–Trinajstić information content (AvgIpc) is 3.05. The number of likely N-dealkylation sites (tertiary alicyclic amines) is 1. The average molecular weight is 380 g/mol. The third-order valence-electron chi connectivity index (χ3n) is 6.12. The van der Waals surface area contributed by atoms with Crippen LogP contribution in [0.5, 0.6) is 0 Å². The summed E-state index contributed by atoms with van der Waals surface area (Å²) in [4.78, 5) is 26.3. The molecule has 0 saturated carbocycles. The second-order valence-corrected chi connectivity index (χ2v) is 8.29. The number of carbonyl (C=O) groups is 1. The molecule has 4 rings (SSSR count). The topological polar surface area (TPSA) is 69.6 Å². The number of rotatable bonds is 4. The number of fused-ring (bicyclic) bond motifs is 2. The number of hydrogen-bond donors (Lipinski definition) is 1. The molecule has 1 amide bonds. The molecule has 2 aromatic rings. The van der Waals surface area contributed by atoms with Gasteiger partial charge in [0, 0.05) is 38.8 Å². The van der Waals surface area contributed by atoms with E-state index in [2.05, 4.69) is 4.98 Å². The maximum atomic E-state index is 13.0. The van der Waals surface area contributed by atoms with Gasteiger partial charge in [0.25, 0.3) is 0 Å². The lowest BCUT2D eigenvalue weighted by molar-refractivity contribution is -0.132. The van der Waals surface area contributed by atoms with Gasteiger partial charge < -0.3 is 14.9 Å². The maximum absolute atomic E-state index is 13.0. The molecule has 0 bridgehead atoms. The molecule has 1 unspecified atom stereocenters. The second kappa shape index (κ2) is 7.51. The highest BCUT2D eigenvalue weighted by Gasteiger charge is 2.44. The first-order chi connectivity index (χ1) is 13.5. The Morgan fingerprint density at radius 2 is 1.96 bits per heavy atom. The van der Waals surface area contributed by atoms with Gasteiger partial charge in [-0.1, -0.05) is 24.3 Å². The van der Waals surface area contributed by atoms with Gasteiger partial charge in [-0.05, 0) is 42.4 Å². The van der Waals surface area contributed by atoms with Gasteiger partial charge in [0.2, 0.25) is 11.9 Å². The van der Waals surface area contributed by atoms with E-state index in [0.29, 0.717) is 6.42 Å². The molecule has 1 aromatic heterocycles. The van der Waals surface area contributed by atoms with Crippen LogP contribution in [0.25, 0.3) is 0 Å². The smallest absolute Gasteiger partial charge is 0.227 e. The van der Waals surface area contributed by atoms with E-state index in [-0.39, 0.29) is 17.9 Å². The molecule has 1 atom stereocenters. The number of amides is 1. The number of benzene rings is 1. The number of piperidine rings is 1. The Bertz CT molecular complexity index is 861. The van der Waals surface area contributed by atoms with Gasteiger partial charge in [-0.15, -0.1) is 0 Å². The molecule has 1 fully saturated rings. The zero-order valence-corrected chi connectivity index (χ0v) is 16.7. The summed E-state index contributed by atoms with van der Waals surface area (Å²) < 4.78 is 0. The minimum Gasteiger partial charge on any atom is -0.392 e. The third-order valence-corrected chi connectivity index (χ3v) is 6.12. The van der Waals surface area contributed by atoms with Crippen LogP contribution in [0, 0.1) is 0 Å². The molecular weight excluding hydrogens is 352 g/mol. The van der Waals surface area contributed by atoms with E-state index in [1.165, 1.54) is 5.56 Å². The predicted molar refractivity (Wildman–Crippen MR) is 108 cm³/mol. The van der Waals surface area contributed by atoms with Crippen LogP contribution in [0.3, 0.4) is 0 Å². The lowest BCUT2D eigenvalue weighted by atomic mass is 9.77. The van der Waals surface area contributed by atoms with Gasteiger partial charge in [0.05, 0.1) is 18.7 Å². The van der Waals surface area contributed by atoms with Crippen molar-refractivity contribution >= 4 is 11.9 Å². The summed E-state index contributed by atoms with van der Waals surface area (Å²) in [7, 11) is 3.92. The Balaban J connectivity index is 1.52. The SMILES string of the molecule is CN(C)c1ncc2c(n1)C1(CCCN(C(=O)Cc3ccc(CO)cc3)C1)CC2. The largest absolute Gasteiger partial charge is 0.392 e. The first-order valence-electron chi connectivity index (χ1n) is 10.0. The fourth-order valence-corrected chi connectivity index (χ4v) is 4.54. The van der Waals surface area contributed by atoms with Crippen molar-refractivity contribution in [3.63, 3.8) is 0 Å². The molecule has 28 heavy (non-hydrogen) atoms. The Morgan fingerprint density at radius 1 is 1.21 bits per heavy atom.